The van der Waals surface area contributed by atoms with Crippen molar-refractivity contribution in [3.63, 3.8) is 0 Å². The number of anilines is 1. The van der Waals surface area contributed by atoms with Crippen LogP contribution in [0.3, 0.4) is 0 Å². The second-order valence-electron chi connectivity index (χ2n) is 5.89. The summed E-state index contributed by atoms with van der Waals surface area (Å²) < 4.78 is 5.50. The topological polar surface area (TPSA) is 100 Å². The van der Waals surface area contributed by atoms with E-state index in [-0.39, 0.29) is 24.8 Å². The maximum Gasteiger partial charge on any atom is 0.287 e. The second kappa shape index (κ2) is 8.66. The molecule has 2 aromatic rings. The Balaban J connectivity index is 1.78. The molecule has 0 saturated carbocycles. The molecule has 0 aliphatic heterocycles. The molecule has 0 aliphatic rings. The zero-order valence-corrected chi connectivity index (χ0v) is 16.3. The number of benzene rings is 1. The fourth-order valence-corrected chi connectivity index (χ4v) is 2.79. The number of furan rings is 1. The van der Waals surface area contributed by atoms with E-state index in [9.17, 15) is 14.4 Å². The minimum Gasteiger partial charge on any atom is -0.444 e. The molecule has 0 spiro atoms. The number of carbonyl (C=O) groups is 3. The minimum atomic E-state index is -0.513. The van der Waals surface area contributed by atoms with Crippen molar-refractivity contribution in [3.8, 4) is 0 Å². The lowest BCUT2D eigenvalue weighted by Gasteiger charge is -2.13. The van der Waals surface area contributed by atoms with Crippen molar-refractivity contribution in [1.82, 2.24) is 10.6 Å². The Morgan fingerprint density at radius 3 is 2.15 bits per heavy atom. The molecule has 7 nitrogen and oxygen atoms in total. The summed E-state index contributed by atoms with van der Waals surface area (Å²) in [6.07, 6.45) is 0. The average Bonchev–Trinajstić information content (AvgIpc) is 3.00. The standard InChI is InChI=1S/C18H20BrN3O4/c1-10-6-11(2)17(12(3)7-10)22-16(24)9-20-15(23)8-21-18(25)13-4-5-14(19)26-13/h4-7H,8-9H2,1-3H3,(H,20,23)(H,21,25)(H,22,24). The molecule has 1 aromatic carbocycles. The van der Waals surface area contributed by atoms with Crippen molar-refractivity contribution in [2.75, 3.05) is 18.4 Å². The first-order valence-electron chi connectivity index (χ1n) is 7.94. The van der Waals surface area contributed by atoms with Crippen molar-refractivity contribution in [2.24, 2.45) is 0 Å². The van der Waals surface area contributed by atoms with Crippen LogP contribution in [0.1, 0.15) is 27.2 Å². The Labute approximate surface area is 159 Å². The van der Waals surface area contributed by atoms with Crippen molar-refractivity contribution >= 4 is 39.3 Å². The summed E-state index contributed by atoms with van der Waals surface area (Å²) in [6.45, 7) is 5.37. The molecule has 0 radical (unpaired) electrons. The van der Waals surface area contributed by atoms with Gasteiger partial charge in [-0.3, -0.25) is 14.4 Å². The molecule has 2 rings (SSSR count). The molecule has 0 atom stereocenters. The summed E-state index contributed by atoms with van der Waals surface area (Å²) in [7, 11) is 0. The summed E-state index contributed by atoms with van der Waals surface area (Å²) in [5.74, 6) is -1.24. The summed E-state index contributed by atoms with van der Waals surface area (Å²) in [4.78, 5) is 35.6. The third kappa shape index (κ3) is 5.45. The number of rotatable bonds is 6. The molecule has 0 bridgehead atoms. The Hall–Kier alpha value is -2.61. The van der Waals surface area contributed by atoms with Gasteiger partial charge in [0, 0.05) is 5.69 Å². The van der Waals surface area contributed by atoms with E-state index in [0.29, 0.717) is 4.67 Å². The van der Waals surface area contributed by atoms with Gasteiger partial charge in [-0.05, 0) is 60.0 Å². The normalized spacial score (nSPS) is 10.3. The largest absolute Gasteiger partial charge is 0.444 e. The number of amides is 3. The van der Waals surface area contributed by atoms with Gasteiger partial charge in [0.1, 0.15) is 0 Å². The van der Waals surface area contributed by atoms with E-state index in [1.165, 1.54) is 6.07 Å². The predicted octanol–water partition coefficient (Wildman–Crippen LogP) is 2.45. The lowest BCUT2D eigenvalue weighted by Crippen LogP contribution is -2.40. The van der Waals surface area contributed by atoms with Crippen LogP contribution in [-0.2, 0) is 9.59 Å². The minimum absolute atomic E-state index is 0.0905. The lowest BCUT2D eigenvalue weighted by atomic mass is 10.1. The van der Waals surface area contributed by atoms with Crippen LogP contribution < -0.4 is 16.0 Å². The monoisotopic (exact) mass is 421 g/mol. The molecule has 3 N–H and O–H groups in total. The molecule has 1 heterocycles. The van der Waals surface area contributed by atoms with E-state index in [1.807, 2.05) is 32.9 Å². The zero-order chi connectivity index (χ0) is 19.3. The third-order valence-electron chi connectivity index (χ3n) is 3.59. The fourth-order valence-electron chi connectivity index (χ4n) is 2.49. The van der Waals surface area contributed by atoms with Crippen LogP contribution in [0, 0.1) is 20.8 Å². The number of hydrogen-bond donors (Lipinski definition) is 3. The lowest BCUT2D eigenvalue weighted by molar-refractivity contribution is -0.123. The highest BCUT2D eigenvalue weighted by atomic mass is 79.9. The summed E-state index contributed by atoms with van der Waals surface area (Å²) in [5.41, 5.74) is 3.77. The molecule has 0 unspecified atom stereocenters. The van der Waals surface area contributed by atoms with Gasteiger partial charge in [0.05, 0.1) is 13.1 Å². The smallest absolute Gasteiger partial charge is 0.287 e. The van der Waals surface area contributed by atoms with Gasteiger partial charge in [0.25, 0.3) is 5.91 Å². The van der Waals surface area contributed by atoms with Gasteiger partial charge in [0.2, 0.25) is 11.8 Å². The van der Waals surface area contributed by atoms with Gasteiger partial charge in [-0.1, -0.05) is 17.7 Å². The predicted molar refractivity (Wildman–Crippen MR) is 101 cm³/mol. The fraction of sp³-hybridized carbons (Fsp3) is 0.278. The number of halogens is 1. The highest BCUT2D eigenvalue weighted by molar-refractivity contribution is 9.10. The third-order valence-corrected chi connectivity index (χ3v) is 4.02. The van der Waals surface area contributed by atoms with E-state index in [4.69, 9.17) is 4.42 Å². The Morgan fingerprint density at radius 2 is 1.58 bits per heavy atom. The van der Waals surface area contributed by atoms with Crippen LogP contribution in [0.5, 0.6) is 0 Å². The summed E-state index contributed by atoms with van der Waals surface area (Å²) in [6, 6.07) is 7.01. The number of aryl methyl sites for hydroxylation is 3. The Bertz CT molecular complexity index is 822. The van der Waals surface area contributed by atoms with Crippen LogP contribution in [0.15, 0.2) is 33.4 Å². The first-order chi connectivity index (χ1) is 12.3. The van der Waals surface area contributed by atoms with Crippen LogP contribution in [0.25, 0.3) is 0 Å². The van der Waals surface area contributed by atoms with Crippen molar-refractivity contribution in [2.45, 2.75) is 20.8 Å². The van der Waals surface area contributed by atoms with Gasteiger partial charge in [-0.25, -0.2) is 0 Å². The van der Waals surface area contributed by atoms with E-state index < -0.39 is 11.8 Å². The number of nitrogens with one attached hydrogen (secondary N) is 3. The second-order valence-corrected chi connectivity index (χ2v) is 6.67. The number of carbonyl (C=O) groups excluding carboxylic acids is 3. The van der Waals surface area contributed by atoms with Crippen LogP contribution in [0.2, 0.25) is 0 Å². The molecular formula is C18H20BrN3O4. The van der Waals surface area contributed by atoms with Crippen LogP contribution in [0.4, 0.5) is 5.69 Å². The van der Waals surface area contributed by atoms with Crippen molar-refractivity contribution in [1.29, 1.82) is 0 Å². The molecule has 0 fully saturated rings. The van der Waals surface area contributed by atoms with E-state index in [1.54, 1.807) is 6.07 Å². The molecule has 26 heavy (non-hydrogen) atoms. The van der Waals surface area contributed by atoms with E-state index >= 15 is 0 Å². The summed E-state index contributed by atoms with van der Waals surface area (Å²) >= 11 is 3.09. The maximum atomic E-state index is 12.0. The van der Waals surface area contributed by atoms with Gasteiger partial charge in [-0.15, -0.1) is 0 Å². The molecule has 1 aromatic heterocycles. The van der Waals surface area contributed by atoms with E-state index in [0.717, 1.165) is 22.4 Å². The average molecular weight is 422 g/mol. The Kier molecular flexibility index (Phi) is 6.57. The highest BCUT2D eigenvalue weighted by Crippen LogP contribution is 2.21. The van der Waals surface area contributed by atoms with Crippen molar-refractivity contribution < 1.29 is 18.8 Å². The molecule has 3 amide bonds. The molecule has 0 saturated heterocycles. The summed E-state index contributed by atoms with van der Waals surface area (Å²) in [5, 5.41) is 7.67. The quantitative estimate of drug-likeness (QED) is 0.666. The molecular weight excluding hydrogens is 402 g/mol. The van der Waals surface area contributed by atoms with Crippen molar-refractivity contribution in [3.05, 3.63) is 51.4 Å². The number of hydrogen-bond acceptors (Lipinski definition) is 4. The molecule has 0 aliphatic carbocycles. The molecule has 8 heteroatoms. The van der Waals surface area contributed by atoms with Crippen LogP contribution in [-0.4, -0.2) is 30.8 Å². The van der Waals surface area contributed by atoms with Gasteiger partial charge in [-0.2, -0.15) is 0 Å². The first kappa shape index (κ1) is 19.7. The maximum absolute atomic E-state index is 12.0. The first-order valence-corrected chi connectivity index (χ1v) is 8.73. The molecule has 138 valence electrons. The zero-order valence-electron chi connectivity index (χ0n) is 14.7. The van der Waals surface area contributed by atoms with Gasteiger partial charge < -0.3 is 20.4 Å². The Morgan fingerprint density at radius 1 is 0.962 bits per heavy atom. The van der Waals surface area contributed by atoms with E-state index in [2.05, 4.69) is 31.9 Å². The van der Waals surface area contributed by atoms with Gasteiger partial charge >= 0.3 is 0 Å². The van der Waals surface area contributed by atoms with Crippen LogP contribution >= 0.6 is 15.9 Å². The van der Waals surface area contributed by atoms with Gasteiger partial charge in [0.15, 0.2) is 10.4 Å². The SMILES string of the molecule is Cc1cc(C)c(NC(=O)CNC(=O)CNC(=O)c2ccc(Br)o2)c(C)c1. The highest BCUT2D eigenvalue weighted by Gasteiger charge is 2.13.